The van der Waals surface area contributed by atoms with Crippen molar-refractivity contribution in [2.24, 2.45) is 5.92 Å². The topological polar surface area (TPSA) is 32.3 Å². The number of rotatable bonds is 4. The van der Waals surface area contributed by atoms with Crippen molar-refractivity contribution in [3.8, 4) is 0 Å². The Hall–Kier alpha value is -1.35. The van der Waals surface area contributed by atoms with Crippen molar-refractivity contribution in [1.29, 1.82) is 0 Å². The van der Waals surface area contributed by atoms with Crippen LogP contribution in [-0.2, 0) is 11.3 Å². The molecule has 1 amide bonds. The smallest absolute Gasteiger partial charge is 0.224 e. The Morgan fingerprint density at radius 1 is 1.30 bits per heavy atom. The van der Waals surface area contributed by atoms with Crippen LogP contribution in [0.25, 0.3) is 0 Å². The number of likely N-dealkylation sites (tertiary alicyclic amines) is 1. The highest BCUT2D eigenvalue weighted by molar-refractivity contribution is 5.79. The van der Waals surface area contributed by atoms with Crippen LogP contribution in [0.3, 0.4) is 0 Å². The quantitative estimate of drug-likeness (QED) is 0.913. The summed E-state index contributed by atoms with van der Waals surface area (Å²) in [5.74, 6) is 0.469. The zero-order valence-corrected chi connectivity index (χ0v) is 12.5. The summed E-state index contributed by atoms with van der Waals surface area (Å²) in [6.45, 7) is 7.23. The molecule has 0 bridgehead atoms. The van der Waals surface area contributed by atoms with Crippen LogP contribution in [0.5, 0.6) is 0 Å². The predicted octanol–water partition coefficient (Wildman–Crippen LogP) is 2.40. The molecule has 1 unspecified atom stereocenters. The van der Waals surface area contributed by atoms with E-state index in [0.717, 1.165) is 26.1 Å². The highest BCUT2D eigenvalue weighted by Crippen LogP contribution is 2.23. The maximum atomic E-state index is 12.1. The van der Waals surface area contributed by atoms with Gasteiger partial charge in [-0.25, -0.2) is 0 Å². The van der Waals surface area contributed by atoms with Gasteiger partial charge in [0, 0.05) is 19.1 Å². The number of carbonyl (C=O) groups excluding carboxylic acids is 1. The van der Waals surface area contributed by atoms with E-state index in [-0.39, 0.29) is 11.8 Å². The van der Waals surface area contributed by atoms with Gasteiger partial charge in [-0.1, -0.05) is 23.8 Å². The van der Waals surface area contributed by atoms with Gasteiger partial charge < -0.3 is 5.32 Å². The molecule has 1 aliphatic carbocycles. The highest BCUT2D eigenvalue weighted by atomic mass is 16.2. The fourth-order valence-electron chi connectivity index (χ4n) is 2.95. The lowest BCUT2D eigenvalue weighted by atomic mass is 10.1. The van der Waals surface area contributed by atoms with Gasteiger partial charge >= 0.3 is 0 Å². The second kappa shape index (κ2) is 5.57. The molecule has 3 heteroatoms. The van der Waals surface area contributed by atoms with Crippen molar-refractivity contribution in [3.05, 3.63) is 34.9 Å². The van der Waals surface area contributed by atoms with Gasteiger partial charge in [0.25, 0.3) is 0 Å². The van der Waals surface area contributed by atoms with Crippen LogP contribution < -0.4 is 5.32 Å². The van der Waals surface area contributed by atoms with Gasteiger partial charge in [-0.3, -0.25) is 9.69 Å². The third kappa shape index (κ3) is 3.21. The summed E-state index contributed by atoms with van der Waals surface area (Å²) < 4.78 is 0. The minimum absolute atomic E-state index is 0.195. The molecule has 1 heterocycles. The van der Waals surface area contributed by atoms with Gasteiger partial charge in [0.05, 0.1) is 5.92 Å². The standard InChI is InChI=1S/C17H24N2O/c1-12-3-4-13(2)15(9-12)11-19-8-7-14(10-19)17(20)18-16-5-6-16/h3-4,9,14,16H,5-8,10-11H2,1-2H3,(H,18,20). The van der Waals surface area contributed by atoms with Crippen molar-refractivity contribution in [1.82, 2.24) is 10.2 Å². The van der Waals surface area contributed by atoms with E-state index >= 15 is 0 Å². The van der Waals surface area contributed by atoms with E-state index in [1.54, 1.807) is 0 Å². The van der Waals surface area contributed by atoms with Crippen molar-refractivity contribution in [3.63, 3.8) is 0 Å². The molecule has 0 radical (unpaired) electrons. The van der Waals surface area contributed by atoms with Gasteiger partial charge in [-0.15, -0.1) is 0 Å². The van der Waals surface area contributed by atoms with Crippen LogP contribution in [-0.4, -0.2) is 29.9 Å². The number of hydrogen-bond acceptors (Lipinski definition) is 2. The monoisotopic (exact) mass is 272 g/mol. The summed E-state index contributed by atoms with van der Waals surface area (Å²) in [6.07, 6.45) is 3.35. The number of nitrogens with zero attached hydrogens (tertiary/aromatic N) is 1. The van der Waals surface area contributed by atoms with Crippen molar-refractivity contribution in [2.75, 3.05) is 13.1 Å². The lowest BCUT2D eigenvalue weighted by molar-refractivity contribution is -0.124. The van der Waals surface area contributed by atoms with Crippen molar-refractivity contribution >= 4 is 5.91 Å². The fraction of sp³-hybridized carbons (Fsp3) is 0.588. The zero-order valence-electron chi connectivity index (χ0n) is 12.5. The molecule has 2 aliphatic rings. The first-order valence-corrected chi connectivity index (χ1v) is 7.70. The molecule has 1 aliphatic heterocycles. The molecule has 20 heavy (non-hydrogen) atoms. The first kappa shape index (κ1) is 13.6. The van der Waals surface area contributed by atoms with Crippen LogP contribution in [0.2, 0.25) is 0 Å². The minimum atomic E-state index is 0.195. The summed E-state index contributed by atoms with van der Waals surface area (Å²) in [7, 11) is 0. The first-order chi connectivity index (χ1) is 9.61. The fourth-order valence-corrected chi connectivity index (χ4v) is 2.95. The SMILES string of the molecule is Cc1ccc(C)c(CN2CCC(C(=O)NC3CC3)C2)c1. The summed E-state index contributed by atoms with van der Waals surface area (Å²) in [4.78, 5) is 14.5. The van der Waals surface area contributed by atoms with E-state index in [0.29, 0.717) is 6.04 Å². The van der Waals surface area contributed by atoms with Gasteiger partial charge in [0.1, 0.15) is 0 Å². The van der Waals surface area contributed by atoms with Gasteiger partial charge in [0.2, 0.25) is 5.91 Å². The zero-order chi connectivity index (χ0) is 14.1. The number of hydrogen-bond donors (Lipinski definition) is 1. The molecule has 0 spiro atoms. The molecule has 1 saturated carbocycles. The summed E-state index contributed by atoms with van der Waals surface area (Å²) in [6, 6.07) is 7.11. The number of carbonyl (C=O) groups is 1. The molecule has 108 valence electrons. The van der Waals surface area contributed by atoms with Crippen molar-refractivity contribution < 1.29 is 4.79 Å². The Morgan fingerprint density at radius 2 is 2.10 bits per heavy atom. The molecule has 1 N–H and O–H groups in total. The summed E-state index contributed by atoms with van der Waals surface area (Å²) >= 11 is 0. The number of amides is 1. The van der Waals surface area contributed by atoms with E-state index in [2.05, 4.69) is 42.3 Å². The van der Waals surface area contributed by atoms with Crippen LogP contribution in [0.4, 0.5) is 0 Å². The Bertz CT molecular complexity index is 508. The molecule has 3 rings (SSSR count). The van der Waals surface area contributed by atoms with Gasteiger partial charge in [-0.2, -0.15) is 0 Å². The molecular weight excluding hydrogens is 248 g/mol. The Morgan fingerprint density at radius 3 is 2.85 bits per heavy atom. The Balaban J connectivity index is 1.56. The molecule has 1 atom stereocenters. The number of nitrogens with one attached hydrogen (secondary N) is 1. The van der Waals surface area contributed by atoms with E-state index in [1.165, 1.54) is 29.5 Å². The predicted molar refractivity (Wildman–Crippen MR) is 80.5 cm³/mol. The average Bonchev–Trinajstić information content (AvgIpc) is 3.10. The Kier molecular flexibility index (Phi) is 3.79. The maximum Gasteiger partial charge on any atom is 0.224 e. The van der Waals surface area contributed by atoms with Crippen molar-refractivity contribution in [2.45, 2.75) is 45.7 Å². The Labute approximate surface area is 121 Å². The average molecular weight is 272 g/mol. The minimum Gasteiger partial charge on any atom is -0.353 e. The van der Waals surface area contributed by atoms with Gasteiger partial charge in [0.15, 0.2) is 0 Å². The van der Waals surface area contributed by atoms with E-state index in [9.17, 15) is 4.79 Å². The molecule has 1 aromatic carbocycles. The van der Waals surface area contributed by atoms with Crippen LogP contribution in [0.1, 0.15) is 36.0 Å². The molecule has 0 aromatic heterocycles. The largest absolute Gasteiger partial charge is 0.353 e. The van der Waals surface area contributed by atoms with Crippen LogP contribution >= 0.6 is 0 Å². The molecule has 1 aromatic rings. The van der Waals surface area contributed by atoms with Crippen LogP contribution in [0, 0.1) is 19.8 Å². The highest BCUT2D eigenvalue weighted by Gasteiger charge is 2.32. The van der Waals surface area contributed by atoms with E-state index < -0.39 is 0 Å². The molecule has 2 fully saturated rings. The van der Waals surface area contributed by atoms with E-state index in [4.69, 9.17) is 0 Å². The number of benzene rings is 1. The second-order valence-electron chi connectivity index (χ2n) is 6.43. The maximum absolute atomic E-state index is 12.1. The van der Waals surface area contributed by atoms with Crippen LogP contribution in [0.15, 0.2) is 18.2 Å². The summed E-state index contributed by atoms with van der Waals surface area (Å²) in [5.41, 5.74) is 4.06. The lowest BCUT2D eigenvalue weighted by Crippen LogP contribution is -2.34. The third-order valence-corrected chi connectivity index (χ3v) is 4.47. The molecule has 3 nitrogen and oxygen atoms in total. The molecule has 1 saturated heterocycles. The molecular formula is C17H24N2O. The second-order valence-corrected chi connectivity index (χ2v) is 6.43. The lowest BCUT2D eigenvalue weighted by Gasteiger charge is -2.18. The van der Waals surface area contributed by atoms with E-state index in [1.807, 2.05) is 0 Å². The summed E-state index contributed by atoms with van der Waals surface area (Å²) in [5, 5.41) is 3.14. The normalized spacial score (nSPS) is 23.0. The third-order valence-electron chi connectivity index (χ3n) is 4.47. The first-order valence-electron chi connectivity index (χ1n) is 7.70. The van der Waals surface area contributed by atoms with Gasteiger partial charge in [-0.05, 0) is 50.8 Å². The number of aryl methyl sites for hydroxylation is 2.